The summed E-state index contributed by atoms with van der Waals surface area (Å²) in [5.74, 6) is -1.14. The van der Waals surface area contributed by atoms with E-state index >= 15 is 0 Å². The third-order valence-corrected chi connectivity index (χ3v) is 4.85. The van der Waals surface area contributed by atoms with Gasteiger partial charge in [-0.15, -0.1) is 0 Å². The molecule has 0 fully saturated rings. The van der Waals surface area contributed by atoms with Crippen LogP contribution < -0.4 is 5.32 Å². The molecule has 0 spiro atoms. The largest absolute Gasteiger partial charge is 0.480 e. The zero-order valence-electron chi connectivity index (χ0n) is 18.2. The molecule has 0 unspecified atom stereocenters. The van der Waals surface area contributed by atoms with Gasteiger partial charge in [-0.1, -0.05) is 82.9 Å². The molecule has 2 atom stereocenters. The highest BCUT2D eigenvalue weighted by molar-refractivity contribution is 5.83. The molecule has 0 aliphatic rings. The van der Waals surface area contributed by atoms with E-state index in [1.807, 2.05) is 13.8 Å². The summed E-state index contributed by atoms with van der Waals surface area (Å²) in [4.78, 5) is 23.1. The average molecular weight is 392 g/mol. The number of allylic oxidation sites excluding steroid dienone is 6. The van der Waals surface area contributed by atoms with Gasteiger partial charge < -0.3 is 10.4 Å². The lowest BCUT2D eigenvalue weighted by atomic mass is 9.99. The fourth-order valence-electron chi connectivity index (χ4n) is 2.83. The minimum Gasteiger partial charge on any atom is -0.480 e. The quantitative estimate of drug-likeness (QED) is 0.229. The van der Waals surface area contributed by atoms with Crippen molar-refractivity contribution in [2.24, 2.45) is 5.92 Å². The van der Waals surface area contributed by atoms with Crippen molar-refractivity contribution in [2.45, 2.75) is 97.4 Å². The van der Waals surface area contributed by atoms with Crippen LogP contribution in [0.4, 0.5) is 0 Å². The summed E-state index contributed by atoms with van der Waals surface area (Å²) in [6.07, 6.45) is 24.0. The average Bonchev–Trinajstić information content (AvgIpc) is 2.68. The van der Waals surface area contributed by atoms with Crippen molar-refractivity contribution in [1.82, 2.24) is 5.32 Å². The molecule has 0 aromatic carbocycles. The Balaban J connectivity index is 3.63. The van der Waals surface area contributed by atoms with Gasteiger partial charge in [0.2, 0.25) is 5.91 Å². The summed E-state index contributed by atoms with van der Waals surface area (Å²) in [6, 6.07) is -0.771. The summed E-state index contributed by atoms with van der Waals surface area (Å²) >= 11 is 0. The Labute approximate surface area is 172 Å². The van der Waals surface area contributed by atoms with E-state index in [0.29, 0.717) is 6.42 Å². The topological polar surface area (TPSA) is 66.4 Å². The molecule has 4 nitrogen and oxygen atoms in total. The Kier molecular flexibility index (Phi) is 17.3. The fourth-order valence-corrected chi connectivity index (χ4v) is 2.83. The summed E-state index contributed by atoms with van der Waals surface area (Å²) in [5.41, 5.74) is 0. The lowest BCUT2D eigenvalue weighted by Gasteiger charge is -2.20. The predicted molar refractivity (Wildman–Crippen MR) is 118 cm³/mol. The molecule has 0 aliphatic heterocycles. The number of amides is 1. The third kappa shape index (κ3) is 15.2. The molecule has 0 rings (SSSR count). The van der Waals surface area contributed by atoms with Gasteiger partial charge in [-0.3, -0.25) is 4.79 Å². The van der Waals surface area contributed by atoms with Crippen LogP contribution in [0, 0.1) is 5.92 Å². The third-order valence-electron chi connectivity index (χ3n) is 4.85. The van der Waals surface area contributed by atoms with E-state index in [-0.39, 0.29) is 11.8 Å². The van der Waals surface area contributed by atoms with E-state index in [4.69, 9.17) is 0 Å². The van der Waals surface area contributed by atoms with Crippen LogP contribution in [0.1, 0.15) is 91.4 Å². The van der Waals surface area contributed by atoms with Crippen LogP contribution in [-0.2, 0) is 9.59 Å². The number of carboxylic acids is 1. The molecule has 0 aliphatic carbocycles. The van der Waals surface area contributed by atoms with E-state index in [2.05, 4.69) is 48.7 Å². The lowest BCUT2D eigenvalue weighted by Crippen LogP contribution is -2.44. The molecule has 0 saturated heterocycles. The van der Waals surface area contributed by atoms with Crippen molar-refractivity contribution in [1.29, 1.82) is 0 Å². The number of unbranched alkanes of at least 4 members (excludes halogenated alkanes) is 5. The van der Waals surface area contributed by atoms with E-state index in [9.17, 15) is 14.7 Å². The minimum atomic E-state index is -0.945. The van der Waals surface area contributed by atoms with Crippen LogP contribution in [0.3, 0.4) is 0 Å². The second-order valence-electron chi connectivity index (χ2n) is 7.37. The lowest BCUT2D eigenvalue weighted by molar-refractivity contribution is -0.143. The van der Waals surface area contributed by atoms with E-state index < -0.39 is 12.0 Å². The Hall–Kier alpha value is -1.84. The molecule has 28 heavy (non-hydrogen) atoms. The molecule has 160 valence electrons. The number of nitrogens with one attached hydrogen (secondary N) is 1. The predicted octanol–water partition coefficient (Wildman–Crippen LogP) is 6.19. The van der Waals surface area contributed by atoms with Gasteiger partial charge >= 0.3 is 5.97 Å². The first-order valence-corrected chi connectivity index (χ1v) is 11.0. The molecule has 0 heterocycles. The molecule has 0 bridgehead atoms. The van der Waals surface area contributed by atoms with Crippen LogP contribution in [0.15, 0.2) is 36.5 Å². The van der Waals surface area contributed by atoms with Gasteiger partial charge in [-0.2, -0.15) is 0 Å². The minimum absolute atomic E-state index is 0.0529. The highest BCUT2D eigenvalue weighted by atomic mass is 16.4. The van der Waals surface area contributed by atoms with Crippen LogP contribution in [0.5, 0.6) is 0 Å². The van der Waals surface area contributed by atoms with E-state index in [1.54, 1.807) is 0 Å². The molecular formula is C24H41NO3. The summed E-state index contributed by atoms with van der Waals surface area (Å²) in [6.45, 7) is 5.94. The van der Waals surface area contributed by atoms with Crippen molar-refractivity contribution in [3.8, 4) is 0 Å². The molecule has 1 amide bonds. The molecule has 0 radical (unpaired) electrons. The van der Waals surface area contributed by atoms with Gasteiger partial charge in [0.15, 0.2) is 0 Å². The van der Waals surface area contributed by atoms with Crippen LogP contribution >= 0.6 is 0 Å². The smallest absolute Gasteiger partial charge is 0.326 e. The highest BCUT2D eigenvalue weighted by Gasteiger charge is 2.24. The second-order valence-corrected chi connectivity index (χ2v) is 7.37. The zero-order chi connectivity index (χ0) is 21.0. The second kappa shape index (κ2) is 18.5. The normalized spacial score (nSPS) is 14.1. The maximum absolute atomic E-state index is 11.9. The molecule has 0 aromatic rings. The van der Waals surface area contributed by atoms with Crippen molar-refractivity contribution in [3.63, 3.8) is 0 Å². The maximum Gasteiger partial charge on any atom is 0.326 e. The van der Waals surface area contributed by atoms with Crippen molar-refractivity contribution < 1.29 is 14.7 Å². The molecule has 0 saturated carbocycles. The van der Waals surface area contributed by atoms with Crippen molar-refractivity contribution in [2.75, 3.05) is 0 Å². The number of rotatable bonds is 17. The fraction of sp³-hybridized carbons (Fsp3) is 0.667. The molecule has 0 aromatic heterocycles. The first-order chi connectivity index (χ1) is 13.5. The Morgan fingerprint density at radius 2 is 1.43 bits per heavy atom. The number of carbonyl (C=O) groups excluding carboxylic acids is 1. The SMILES string of the molecule is CC/C=C\C/C=C\C/C=C\CCCCCCCC(=O)N[C@H](C(=O)O)[C@@H](C)CC. The Morgan fingerprint density at radius 3 is 2.04 bits per heavy atom. The number of aliphatic carboxylic acids is 1. The summed E-state index contributed by atoms with van der Waals surface area (Å²) in [5, 5.41) is 11.9. The first-order valence-electron chi connectivity index (χ1n) is 11.0. The number of carboxylic acid groups (broad SMARTS) is 1. The summed E-state index contributed by atoms with van der Waals surface area (Å²) in [7, 11) is 0. The van der Waals surface area contributed by atoms with E-state index in [0.717, 1.165) is 51.4 Å². The van der Waals surface area contributed by atoms with Gasteiger partial charge in [-0.05, 0) is 44.4 Å². The maximum atomic E-state index is 11.9. The molecular weight excluding hydrogens is 350 g/mol. The Bertz CT molecular complexity index is 494. The zero-order valence-corrected chi connectivity index (χ0v) is 18.2. The monoisotopic (exact) mass is 391 g/mol. The summed E-state index contributed by atoms with van der Waals surface area (Å²) < 4.78 is 0. The van der Waals surface area contributed by atoms with Gasteiger partial charge in [0.25, 0.3) is 0 Å². The standard InChI is InChI=1S/C24H41NO3/c1-4-6-7-8-9-10-11-12-13-14-15-16-17-18-19-20-22(26)25-23(24(27)28)21(3)5-2/h6-7,9-10,12-13,21,23H,4-5,8,11,14-20H2,1-3H3,(H,25,26)(H,27,28)/b7-6-,10-9-,13-12-/t21-,23-/m0/s1. The van der Waals surface area contributed by atoms with Gasteiger partial charge in [0, 0.05) is 6.42 Å². The van der Waals surface area contributed by atoms with Crippen molar-refractivity contribution >= 4 is 11.9 Å². The van der Waals surface area contributed by atoms with Crippen LogP contribution in [-0.4, -0.2) is 23.0 Å². The van der Waals surface area contributed by atoms with Crippen molar-refractivity contribution in [3.05, 3.63) is 36.5 Å². The van der Waals surface area contributed by atoms with E-state index in [1.165, 1.54) is 12.8 Å². The molecule has 4 heteroatoms. The van der Waals surface area contributed by atoms with Gasteiger partial charge in [-0.25, -0.2) is 4.79 Å². The van der Waals surface area contributed by atoms with Gasteiger partial charge in [0.05, 0.1) is 0 Å². The van der Waals surface area contributed by atoms with Crippen LogP contribution in [0.25, 0.3) is 0 Å². The number of carbonyl (C=O) groups is 2. The highest BCUT2D eigenvalue weighted by Crippen LogP contribution is 2.10. The Morgan fingerprint density at radius 1 is 0.857 bits per heavy atom. The molecule has 2 N–H and O–H groups in total. The number of hydrogen-bond acceptors (Lipinski definition) is 2. The van der Waals surface area contributed by atoms with Crippen LogP contribution in [0.2, 0.25) is 0 Å². The van der Waals surface area contributed by atoms with Gasteiger partial charge in [0.1, 0.15) is 6.04 Å². The number of hydrogen-bond donors (Lipinski definition) is 2. The first kappa shape index (κ1) is 26.2.